The molecule has 0 saturated heterocycles. The third-order valence-corrected chi connectivity index (χ3v) is 1.94. The zero-order valence-corrected chi connectivity index (χ0v) is 9.18. The predicted octanol–water partition coefficient (Wildman–Crippen LogP) is 0.936. The van der Waals surface area contributed by atoms with Gasteiger partial charge >= 0.3 is 0 Å². The molecule has 0 radical (unpaired) electrons. The quantitative estimate of drug-likeness (QED) is 0.748. The highest BCUT2D eigenvalue weighted by Crippen LogP contribution is 2.01. The molecule has 0 atom stereocenters. The molecule has 1 rings (SSSR count). The average molecular weight is 218 g/mol. The standard InChI is InChI=1S/C11H14N4O/c1-4-6-9(5-2)7-15-8-10(13-14-15)11(16)12-3/h4-6,8H,1-2,7H2,3H3,(H,12,16)/b9-6+. The summed E-state index contributed by atoms with van der Waals surface area (Å²) in [6.45, 7) is 7.79. The summed E-state index contributed by atoms with van der Waals surface area (Å²) in [6, 6.07) is 0. The molecule has 0 bridgehead atoms. The molecule has 1 heterocycles. The first-order chi connectivity index (χ1) is 7.71. The molecule has 0 unspecified atom stereocenters. The first-order valence-electron chi connectivity index (χ1n) is 4.77. The van der Waals surface area contributed by atoms with Crippen molar-refractivity contribution >= 4 is 5.91 Å². The largest absolute Gasteiger partial charge is 0.354 e. The predicted molar refractivity (Wildman–Crippen MR) is 61.9 cm³/mol. The Morgan fingerprint density at radius 2 is 2.38 bits per heavy atom. The topological polar surface area (TPSA) is 59.8 Å². The molecule has 0 aliphatic carbocycles. The molecule has 1 aromatic rings. The number of allylic oxidation sites excluding steroid dienone is 4. The molecule has 5 heteroatoms. The third-order valence-electron chi connectivity index (χ3n) is 1.94. The number of hydrogen-bond acceptors (Lipinski definition) is 3. The summed E-state index contributed by atoms with van der Waals surface area (Å²) in [7, 11) is 1.55. The van der Waals surface area contributed by atoms with Crippen molar-refractivity contribution < 1.29 is 4.79 Å². The number of amides is 1. The van der Waals surface area contributed by atoms with Crippen LogP contribution in [0.25, 0.3) is 0 Å². The molecular formula is C11H14N4O. The molecule has 0 aromatic carbocycles. The van der Waals surface area contributed by atoms with E-state index in [1.165, 1.54) is 0 Å². The normalized spacial score (nSPS) is 10.9. The van der Waals surface area contributed by atoms with Crippen LogP contribution in [0.5, 0.6) is 0 Å². The van der Waals surface area contributed by atoms with E-state index in [2.05, 4.69) is 28.8 Å². The van der Waals surface area contributed by atoms with E-state index in [9.17, 15) is 4.79 Å². The van der Waals surface area contributed by atoms with Crippen molar-refractivity contribution in [3.05, 3.63) is 48.8 Å². The number of nitrogens with one attached hydrogen (secondary N) is 1. The number of aromatic nitrogens is 3. The van der Waals surface area contributed by atoms with Gasteiger partial charge in [0, 0.05) is 7.05 Å². The van der Waals surface area contributed by atoms with E-state index in [0.29, 0.717) is 12.2 Å². The number of rotatable bonds is 5. The van der Waals surface area contributed by atoms with Crippen molar-refractivity contribution in [3.63, 3.8) is 0 Å². The van der Waals surface area contributed by atoms with Gasteiger partial charge in [0.15, 0.2) is 5.69 Å². The highest BCUT2D eigenvalue weighted by Gasteiger charge is 2.08. The molecular weight excluding hydrogens is 204 g/mol. The molecule has 16 heavy (non-hydrogen) atoms. The maximum Gasteiger partial charge on any atom is 0.273 e. The van der Waals surface area contributed by atoms with Crippen molar-refractivity contribution in [1.29, 1.82) is 0 Å². The van der Waals surface area contributed by atoms with E-state index in [1.54, 1.807) is 30.1 Å². The van der Waals surface area contributed by atoms with E-state index in [0.717, 1.165) is 5.57 Å². The summed E-state index contributed by atoms with van der Waals surface area (Å²) in [6.07, 6.45) is 6.80. The minimum Gasteiger partial charge on any atom is -0.354 e. The average Bonchev–Trinajstić information content (AvgIpc) is 2.76. The van der Waals surface area contributed by atoms with Crippen LogP contribution in [0.3, 0.4) is 0 Å². The fourth-order valence-corrected chi connectivity index (χ4v) is 1.13. The second-order valence-corrected chi connectivity index (χ2v) is 3.06. The van der Waals surface area contributed by atoms with Gasteiger partial charge in [0.05, 0.1) is 12.7 Å². The Bertz CT molecular complexity index is 431. The fourth-order valence-electron chi connectivity index (χ4n) is 1.13. The molecule has 0 aliphatic heterocycles. The third kappa shape index (κ3) is 2.91. The summed E-state index contributed by atoms with van der Waals surface area (Å²) in [5.41, 5.74) is 1.24. The Morgan fingerprint density at radius 1 is 1.62 bits per heavy atom. The van der Waals surface area contributed by atoms with Gasteiger partial charge in [-0.15, -0.1) is 5.10 Å². The smallest absolute Gasteiger partial charge is 0.273 e. The molecule has 1 amide bonds. The molecule has 1 aromatic heterocycles. The lowest BCUT2D eigenvalue weighted by Crippen LogP contribution is -2.18. The maximum absolute atomic E-state index is 11.2. The second-order valence-electron chi connectivity index (χ2n) is 3.06. The van der Waals surface area contributed by atoms with Gasteiger partial charge in [0.25, 0.3) is 5.91 Å². The second kappa shape index (κ2) is 5.65. The molecule has 0 spiro atoms. The van der Waals surface area contributed by atoms with Crippen LogP contribution < -0.4 is 5.32 Å². The Hall–Kier alpha value is -2.17. The Morgan fingerprint density at radius 3 is 2.94 bits per heavy atom. The number of carbonyl (C=O) groups excluding carboxylic acids is 1. The van der Waals surface area contributed by atoms with Crippen molar-refractivity contribution in [3.8, 4) is 0 Å². The van der Waals surface area contributed by atoms with Crippen molar-refractivity contribution in [2.24, 2.45) is 0 Å². The van der Waals surface area contributed by atoms with Gasteiger partial charge in [-0.3, -0.25) is 4.79 Å². The lowest BCUT2D eigenvalue weighted by molar-refractivity contribution is 0.0958. The van der Waals surface area contributed by atoms with E-state index in [4.69, 9.17) is 0 Å². The number of carbonyl (C=O) groups is 1. The molecule has 5 nitrogen and oxygen atoms in total. The summed E-state index contributed by atoms with van der Waals surface area (Å²) < 4.78 is 1.57. The highest BCUT2D eigenvalue weighted by atomic mass is 16.1. The molecule has 84 valence electrons. The van der Waals surface area contributed by atoms with Crippen molar-refractivity contribution in [2.75, 3.05) is 7.05 Å². The molecule has 0 aliphatic rings. The SMILES string of the molecule is C=C/C=C(\C=C)Cn1cc(C(=O)NC)nn1. The first kappa shape index (κ1) is 11.9. The molecule has 0 saturated carbocycles. The zero-order valence-electron chi connectivity index (χ0n) is 9.18. The lowest BCUT2D eigenvalue weighted by atomic mass is 10.2. The van der Waals surface area contributed by atoms with Gasteiger partial charge < -0.3 is 5.32 Å². The number of hydrogen-bond donors (Lipinski definition) is 1. The summed E-state index contributed by atoms with van der Waals surface area (Å²) in [5.74, 6) is -0.251. The summed E-state index contributed by atoms with van der Waals surface area (Å²) in [5, 5.41) is 10.1. The van der Waals surface area contributed by atoms with Crippen molar-refractivity contribution in [1.82, 2.24) is 20.3 Å². The van der Waals surface area contributed by atoms with Crippen LogP contribution >= 0.6 is 0 Å². The molecule has 1 N–H and O–H groups in total. The van der Waals surface area contributed by atoms with E-state index in [1.807, 2.05) is 6.08 Å². The van der Waals surface area contributed by atoms with Crippen LogP contribution in [0.1, 0.15) is 10.5 Å². The van der Waals surface area contributed by atoms with E-state index < -0.39 is 0 Å². The van der Waals surface area contributed by atoms with Gasteiger partial charge in [-0.2, -0.15) is 0 Å². The van der Waals surface area contributed by atoms with E-state index in [-0.39, 0.29) is 5.91 Å². The Labute approximate surface area is 94.2 Å². The van der Waals surface area contributed by atoms with Crippen LogP contribution in [-0.2, 0) is 6.54 Å². The van der Waals surface area contributed by atoms with E-state index >= 15 is 0 Å². The van der Waals surface area contributed by atoms with Crippen LogP contribution in [-0.4, -0.2) is 27.9 Å². The van der Waals surface area contributed by atoms with Gasteiger partial charge in [-0.25, -0.2) is 4.68 Å². The van der Waals surface area contributed by atoms with Crippen molar-refractivity contribution in [2.45, 2.75) is 6.54 Å². The van der Waals surface area contributed by atoms with Crippen LogP contribution in [0, 0.1) is 0 Å². The zero-order chi connectivity index (χ0) is 12.0. The molecule has 0 fully saturated rings. The van der Waals surface area contributed by atoms with Gasteiger partial charge in [0.1, 0.15) is 0 Å². The Balaban J connectivity index is 2.79. The first-order valence-corrected chi connectivity index (χ1v) is 4.77. The lowest BCUT2D eigenvalue weighted by Gasteiger charge is -1.99. The monoisotopic (exact) mass is 218 g/mol. The number of nitrogens with zero attached hydrogens (tertiary/aromatic N) is 3. The summed E-state index contributed by atoms with van der Waals surface area (Å²) in [4.78, 5) is 11.2. The maximum atomic E-state index is 11.2. The Kier molecular flexibility index (Phi) is 4.20. The minimum atomic E-state index is -0.251. The minimum absolute atomic E-state index is 0.251. The highest BCUT2D eigenvalue weighted by molar-refractivity contribution is 5.91. The van der Waals surface area contributed by atoms with Crippen LogP contribution in [0.4, 0.5) is 0 Å². The van der Waals surface area contributed by atoms with Crippen LogP contribution in [0.2, 0.25) is 0 Å². The summed E-state index contributed by atoms with van der Waals surface area (Å²) >= 11 is 0. The fraction of sp³-hybridized carbons (Fsp3) is 0.182. The van der Waals surface area contributed by atoms with Gasteiger partial charge in [-0.05, 0) is 5.57 Å². The van der Waals surface area contributed by atoms with Crippen LogP contribution in [0.15, 0.2) is 43.2 Å². The van der Waals surface area contributed by atoms with Gasteiger partial charge in [-0.1, -0.05) is 36.6 Å². The van der Waals surface area contributed by atoms with Gasteiger partial charge in [0.2, 0.25) is 0 Å².